The number of hydrogen-bond acceptors (Lipinski definition) is 4. The zero-order valence-corrected chi connectivity index (χ0v) is 12.4. The summed E-state index contributed by atoms with van der Waals surface area (Å²) < 4.78 is 10.5. The van der Waals surface area contributed by atoms with Crippen molar-refractivity contribution in [3.8, 4) is 0 Å². The van der Waals surface area contributed by atoms with Crippen molar-refractivity contribution in [1.29, 1.82) is 0 Å². The van der Waals surface area contributed by atoms with Gasteiger partial charge >= 0.3 is 5.76 Å². The van der Waals surface area contributed by atoms with Crippen molar-refractivity contribution in [2.75, 3.05) is 5.32 Å². The Balaban J connectivity index is 1.51. The summed E-state index contributed by atoms with van der Waals surface area (Å²) in [6.07, 6.45) is 2.99. The monoisotopic (exact) mass is 320 g/mol. The fourth-order valence-electron chi connectivity index (χ4n) is 2.46. The number of hydrogen-bond donors (Lipinski definition) is 2. The maximum absolute atomic E-state index is 12.0. The molecule has 0 aliphatic heterocycles. The van der Waals surface area contributed by atoms with E-state index < -0.39 is 5.76 Å². The lowest BCUT2D eigenvalue weighted by Crippen LogP contribution is -2.07. The molecule has 4 aromatic rings. The Morgan fingerprint density at radius 1 is 1.04 bits per heavy atom. The third kappa shape index (κ3) is 2.72. The van der Waals surface area contributed by atoms with Gasteiger partial charge in [-0.25, -0.2) is 4.79 Å². The molecular weight excluding hydrogens is 308 g/mol. The number of para-hydroxylation sites is 1. The first-order valence-electron chi connectivity index (χ1n) is 7.28. The predicted molar refractivity (Wildman–Crippen MR) is 90.7 cm³/mol. The first-order chi connectivity index (χ1) is 11.7. The molecule has 0 spiro atoms. The average Bonchev–Trinajstić information content (AvgIpc) is 3.14. The van der Waals surface area contributed by atoms with Gasteiger partial charge in [-0.05, 0) is 36.4 Å². The van der Waals surface area contributed by atoms with Crippen molar-refractivity contribution < 1.29 is 13.6 Å². The molecule has 0 fully saturated rings. The molecule has 2 heterocycles. The Hall–Kier alpha value is -3.54. The van der Waals surface area contributed by atoms with Gasteiger partial charge in [-0.2, -0.15) is 0 Å². The van der Waals surface area contributed by atoms with Gasteiger partial charge in [0.05, 0.1) is 5.52 Å². The van der Waals surface area contributed by atoms with Gasteiger partial charge in [0, 0.05) is 17.1 Å². The van der Waals surface area contributed by atoms with Gasteiger partial charge in [-0.15, -0.1) is 0 Å². The van der Waals surface area contributed by atoms with Crippen molar-refractivity contribution in [2.45, 2.75) is 0 Å². The number of H-pyrrole nitrogens is 1. The maximum atomic E-state index is 12.0. The number of amides is 1. The lowest BCUT2D eigenvalue weighted by Gasteiger charge is -2.00. The second-order valence-corrected chi connectivity index (χ2v) is 5.23. The van der Waals surface area contributed by atoms with E-state index in [0.29, 0.717) is 22.5 Å². The van der Waals surface area contributed by atoms with Crippen LogP contribution in [0.15, 0.2) is 68.2 Å². The van der Waals surface area contributed by atoms with Crippen molar-refractivity contribution >= 4 is 39.7 Å². The molecule has 6 nitrogen and oxygen atoms in total. The zero-order chi connectivity index (χ0) is 16.5. The topological polar surface area (TPSA) is 88.2 Å². The Bertz CT molecular complexity index is 1100. The first-order valence-corrected chi connectivity index (χ1v) is 7.28. The van der Waals surface area contributed by atoms with Crippen LogP contribution in [0.4, 0.5) is 5.69 Å². The van der Waals surface area contributed by atoms with E-state index >= 15 is 0 Å². The quantitative estimate of drug-likeness (QED) is 0.565. The molecule has 0 atom stereocenters. The van der Waals surface area contributed by atoms with Crippen LogP contribution in [0.25, 0.3) is 28.1 Å². The molecule has 2 N–H and O–H groups in total. The second-order valence-electron chi connectivity index (χ2n) is 5.23. The van der Waals surface area contributed by atoms with Gasteiger partial charge < -0.3 is 14.2 Å². The lowest BCUT2D eigenvalue weighted by atomic mass is 10.2. The number of nitrogens with one attached hydrogen (secondary N) is 2. The summed E-state index contributed by atoms with van der Waals surface area (Å²) in [4.78, 5) is 25.7. The molecule has 0 saturated carbocycles. The molecule has 0 saturated heterocycles. The molecule has 1 amide bonds. The fourth-order valence-corrected chi connectivity index (χ4v) is 2.46. The molecule has 0 aliphatic rings. The van der Waals surface area contributed by atoms with E-state index in [9.17, 15) is 9.59 Å². The largest absolute Gasteiger partial charge is 0.457 e. The van der Waals surface area contributed by atoms with Crippen LogP contribution in [0.2, 0.25) is 0 Å². The van der Waals surface area contributed by atoms with Gasteiger partial charge in [0.2, 0.25) is 5.91 Å². The predicted octanol–water partition coefficient (Wildman–Crippen LogP) is 3.52. The lowest BCUT2D eigenvalue weighted by molar-refractivity contribution is -0.111. The number of rotatable bonds is 3. The number of carbonyl (C=O) groups excluding carboxylic acids is 1. The second kappa shape index (κ2) is 5.58. The molecule has 0 radical (unpaired) electrons. The summed E-state index contributed by atoms with van der Waals surface area (Å²) in [5, 5.41) is 3.69. The molecule has 0 bridgehead atoms. The molecular formula is C18H12N2O4. The smallest absolute Gasteiger partial charge is 0.417 e. The molecule has 0 unspecified atom stereocenters. The number of anilines is 1. The highest BCUT2D eigenvalue weighted by Gasteiger charge is 2.04. The summed E-state index contributed by atoms with van der Waals surface area (Å²) in [5.74, 6) is -0.236. The van der Waals surface area contributed by atoms with E-state index in [-0.39, 0.29) is 5.91 Å². The molecule has 118 valence electrons. The average molecular weight is 320 g/mol. The Morgan fingerprint density at radius 3 is 2.79 bits per heavy atom. The standard InChI is InChI=1S/C18H12N2O4/c21-17(8-6-13-9-11-3-1-2-4-15(11)23-13)19-12-5-7-16-14(10-12)20-18(22)24-16/h1-10H,(H,19,21)(H,20,22)/b8-6+. The molecule has 0 aliphatic carbocycles. The number of aromatic amines is 1. The van der Waals surface area contributed by atoms with Crippen molar-refractivity contribution in [3.05, 3.63) is 70.9 Å². The van der Waals surface area contributed by atoms with Gasteiger partial charge in [-0.1, -0.05) is 18.2 Å². The molecule has 2 aromatic carbocycles. The van der Waals surface area contributed by atoms with Crippen LogP contribution in [0.1, 0.15) is 5.76 Å². The number of benzene rings is 2. The Kier molecular flexibility index (Phi) is 3.28. The summed E-state index contributed by atoms with van der Waals surface area (Å²) in [7, 11) is 0. The third-order valence-corrected chi connectivity index (χ3v) is 3.53. The van der Waals surface area contributed by atoms with E-state index in [0.717, 1.165) is 11.0 Å². The Morgan fingerprint density at radius 2 is 1.92 bits per heavy atom. The van der Waals surface area contributed by atoms with Crippen molar-refractivity contribution in [2.24, 2.45) is 0 Å². The number of carbonyl (C=O) groups is 1. The van der Waals surface area contributed by atoms with Crippen LogP contribution >= 0.6 is 0 Å². The van der Waals surface area contributed by atoms with Crippen molar-refractivity contribution in [3.63, 3.8) is 0 Å². The van der Waals surface area contributed by atoms with Crippen molar-refractivity contribution in [1.82, 2.24) is 4.98 Å². The normalized spacial score (nSPS) is 11.5. The molecule has 6 heteroatoms. The highest BCUT2D eigenvalue weighted by Crippen LogP contribution is 2.20. The number of aromatic nitrogens is 1. The summed E-state index contributed by atoms with van der Waals surface area (Å²) in [6.45, 7) is 0. The van der Waals surface area contributed by atoms with Crippen LogP contribution in [0.3, 0.4) is 0 Å². The van der Waals surface area contributed by atoms with E-state index in [2.05, 4.69) is 10.3 Å². The fraction of sp³-hybridized carbons (Fsp3) is 0. The highest BCUT2D eigenvalue weighted by atomic mass is 16.4. The summed E-state index contributed by atoms with van der Waals surface area (Å²) in [5.41, 5.74) is 2.29. The number of fused-ring (bicyclic) bond motifs is 2. The van der Waals surface area contributed by atoms with E-state index in [1.165, 1.54) is 6.08 Å². The SMILES string of the molecule is O=C(/C=C/c1cc2ccccc2o1)Nc1ccc2oc(=O)[nH]c2c1. The van der Waals surface area contributed by atoms with Crippen LogP contribution < -0.4 is 11.1 Å². The minimum absolute atomic E-state index is 0.305. The molecule has 24 heavy (non-hydrogen) atoms. The van der Waals surface area contributed by atoms with Gasteiger partial charge in [0.1, 0.15) is 11.3 Å². The number of furan rings is 1. The first kappa shape index (κ1) is 14.1. The summed E-state index contributed by atoms with van der Waals surface area (Å²) >= 11 is 0. The molecule has 2 aromatic heterocycles. The number of oxazole rings is 1. The van der Waals surface area contributed by atoms with Crippen LogP contribution in [0.5, 0.6) is 0 Å². The summed E-state index contributed by atoms with van der Waals surface area (Å²) in [6, 6.07) is 14.4. The van der Waals surface area contributed by atoms with Crippen LogP contribution in [0, 0.1) is 0 Å². The maximum Gasteiger partial charge on any atom is 0.417 e. The van der Waals surface area contributed by atoms with Crippen LogP contribution in [-0.4, -0.2) is 10.9 Å². The van der Waals surface area contributed by atoms with Crippen LogP contribution in [-0.2, 0) is 4.79 Å². The van der Waals surface area contributed by atoms with Gasteiger partial charge in [0.25, 0.3) is 0 Å². The Labute approximate surface area is 135 Å². The minimum Gasteiger partial charge on any atom is -0.457 e. The van der Waals surface area contributed by atoms with E-state index in [1.807, 2.05) is 30.3 Å². The van der Waals surface area contributed by atoms with E-state index in [4.69, 9.17) is 8.83 Å². The minimum atomic E-state index is -0.529. The molecule has 4 rings (SSSR count). The third-order valence-electron chi connectivity index (χ3n) is 3.53. The van der Waals surface area contributed by atoms with Gasteiger partial charge in [0.15, 0.2) is 5.58 Å². The zero-order valence-electron chi connectivity index (χ0n) is 12.4. The van der Waals surface area contributed by atoms with E-state index in [1.54, 1.807) is 24.3 Å². The highest BCUT2D eigenvalue weighted by molar-refractivity contribution is 6.02. The van der Waals surface area contributed by atoms with Gasteiger partial charge in [-0.3, -0.25) is 9.78 Å².